The van der Waals surface area contributed by atoms with Gasteiger partial charge in [0, 0.05) is 42.0 Å². The molecule has 6 rings (SSSR count). The lowest BCUT2D eigenvalue weighted by atomic mass is 9.71. The second kappa shape index (κ2) is 9.71. The van der Waals surface area contributed by atoms with Crippen LogP contribution in [-0.4, -0.2) is 20.9 Å². The Kier molecular flexibility index (Phi) is 6.10. The van der Waals surface area contributed by atoms with Crippen molar-refractivity contribution in [3.8, 4) is 11.1 Å². The van der Waals surface area contributed by atoms with Gasteiger partial charge in [0.2, 0.25) is 5.91 Å². The highest BCUT2D eigenvalue weighted by Gasteiger charge is 2.48. The predicted molar refractivity (Wildman–Crippen MR) is 148 cm³/mol. The fraction of sp³-hybridized carbons (Fsp3) is 0.161. The number of carbonyl (C=O) groups is 1. The first-order chi connectivity index (χ1) is 18.1. The van der Waals surface area contributed by atoms with Crippen molar-refractivity contribution >= 4 is 22.4 Å². The van der Waals surface area contributed by atoms with Gasteiger partial charge in [-0.15, -0.1) is 11.3 Å². The summed E-state index contributed by atoms with van der Waals surface area (Å²) in [6.07, 6.45) is 8.62. The third-order valence-electron chi connectivity index (χ3n) is 7.43. The molecular formula is C31H26N4OS. The van der Waals surface area contributed by atoms with Crippen LogP contribution in [0.25, 0.3) is 11.1 Å². The summed E-state index contributed by atoms with van der Waals surface area (Å²) in [5.41, 5.74) is 7.53. The van der Waals surface area contributed by atoms with Crippen LogP contribution in [0.5, 0.6) is 0 Å². The first-order valence-corrected chi connectivity index (χ1v) is 13.2. The number of nitrogens with zero attached hydrogens (tertiary/aromatic N) is 3. The van der Waals surface area contributed by atoms with Crippen molar-refractivity contribution in [1.82, 2.24) is 15.0 Å². The zero-order chi connectivity index (χ0) is 25.2. The van der Waals surface area contributed by atoms with Gasteiger partial charge in [-0.05, 0) is 64.1 Å². The van der Waals surface area contributed by atoms with E-state index in [0.717, 1.165) is 22.4 Å². The average Bonchev–Trinajstić information content (AvgIpc) is 3.52. The number of amides is 1. The Labute approximate surface area is 220 Å². The fourth-order valence-corrected chi connectivity index (χ4v) is 6.15. The molecule has 3 heterocycles. The van der Waals surface area contributed by atoms with Gasteiger partial charge in [0.1, 0.15) is 0 Å². The molecule has 6 heteroatoms. The van der Waals surface area contributed by atoms with Crippen molar-refractivity contribution < 1.29 is 4.79 Å². The molecule has 1 amide bonds. The number of pyridine rings is 2. The average molecular weight is 503 g/mol. The second-order valence-corrected chi connectivity index (χ2v) is 10.5. The molecule has 2 aromatic carbocycles. The maximum absolute atomic E-state index is 13.6. The van der Waals surface area contributed by atoms with Gasteiger partial charge < -0.3 is 5.32 Å². The minimum absolute atomic E-state index is 0.00174. The van der Waals surface area contributed by atoms with E-state index in [1.807, 2.05) is 35.7 Å². The standard InChI is InChI=1S/C31H26N4OS/c1-31(25-12-16-33-17-13-25)27-5-3-2-4-24(27)19-28(31)29(36)35-30-34-26(20-37-30)18-21-6-8-22(9-7-21)23-10-14-32-15-11-23/h2-17,20,28H,18-19H2,1H3,(H,34,35,36)/t28-,31+/m1/s1. The smallest absolute Gasteiger partial charge is 0.230 e. The summed E-state index contributed by atoms with van der Waals surface area (Å²) in [6, 6.07) is 24.9. The van der Waals surface area contributed by atoms with Crippen LogP contribution in [0, 0.1) is 5.92 Å². The number of aromatic nitrogens is 3. The van der Waals surface area contributed by atoms with Crippen LogP contribution in [0.3, 0.4) is 0 Å². The highest BCUT2D eigenvalue weighted by Crippen LogP contribution is 2.48. The minimum atomic E-state index is -0.430. The maximum Gasteiger partial charge on any atom is 0.230 e. The third kappa shape index (κ3) is 4.45. The molecule has 5 nitrogen and oxygen atoms in total. The molecule has 0 saturated carbocycles. The van der Waals surface area contributed by atoms with Crippen molar-refractivity contribution in [2.24, 2.45) is 5.92 Å². The Balaban J connectivity index is 1.18. The van der Waals surface area contributed by atoms with Gasteiger partial charge in [0.25, 0.3) is 0 Å². The molecule has 0 bridgehead atoms. The molecule has 5 aromatic rings. The normalized spacial score (nSPS) is 18.4. The first kappa shape index (κ1) is 23.3. The molecule has 37 heavy (non-hydrogen) atoms. The van der Waals surface area contributed by atoms with E-state index in [0.29, 0.717) is 18.0 Å². The largest absolute Gasteiger partial charge is 0.302 e. The van der Waals surface area contributed by atoms with Crippen LogP contribution >= 0.6 is 11.3 Å². The van der Waals surface area contributed by atoms with E-state index in [2.05, 4.69) is 64.7 Å². The lowest BCUT2D eigenvalue weighted by Crippen LogP contribution is -2.38. The third-order valence-corrected chi connectivity index (χ3v) is 8.24. The van der Waals surface area contributed by atoms with Gasteiger partial charge in [0.05, 0.1) is 11.6 Å². The van der Waals surface area contributed by atoms with Gasteiger partial charge >= 0.3 is 0 Å². The van der Waals surface area contributed by atoms with E-state index in [4.69, 9.17) is 4.98 Å². The molecule has 182 valence electrons. The van der Waals surface area contributed by atoms with Crippen molar-refractivity contribution in [1.29, 1.82) is 0 Å². The molecule has 1 aliphatic carbocycles. The van der Waals surface area contributed by atoms with Crippen LogP contribution in [0.1, 0.15) is 34.9 Å². The SMILES string of the molecule is C[C@]1(c2ccncc2)c2ccccc2C[C@@H]1C(=O)Nc1nc(Cc2ccc(-c3ccncc3)cc2)cs1. The summed E-state index contributed by atoms with van der Waals surface area (Å²) in [5.74, 6) is -0.238. The van der Waals surface area contributed by atoms with E-state index in [1.54, 1.807) is 24.8 Å². The zero-order valence-corrected chi connectivity index (χ0v) is 21.3. The first-order valence-electron chi connectivity index (χ1n) is 12.3. The van der Waals surface area contributed by atoms with E-state index in [-0.39, 0.29) is 11.8 Å². The molecule has 0 radical (unpaired) electrons. The topological polar surface area (TPSA) is 67.8 Å². The van der Waals surface area contributed by atoms with Crippen molar-refractivity contribution in [3.05, 3.63) is 131 Å². The number of hydrogen-bond donors (Lipinski definition) is 1. The van der Waals surface area contributed by atoms with Crippen LogP contribution < -0.4 is 5.32 Å². The Morgan fingerprint density at radius 2 is 1.59 bits per heavy atom. The number of thiazole rings is 1. The lowest BCUT2D eigenvalue weighted by molar-refractivity contribution is -0.121. The van der Waals surface area contributed by atoms with Crippen LogP contribution in [0.4, 0.5) is 5.13 Å². The number of anilines is 1. The quantitative estimate of drug-likeness (QED) is 0.296. The molecule has 0 aliphatic heterocycles. The number of fused-ring (bicyclic) bond motifs is 1. The number of rotatable bonds is 6. The number of hydrogen-bond acceptors (Lipinski definition) is 5. The molecule has 3 aromatic heterocycles. The Morgan fingerprint density at radius 1 is 0.919 bits per heavy atom. The maximum atomic E-state index is 13.6. The molecule has 0 saturated heterocycles. The van der Waals surface area contributed by atoms with Crippen LogP contribution in [-0.2, 0) is 23.1 Å². The van der Waals surface area contributed by atoms with Crippen molar-refractivity contribution in [2.75, 3.05) is 5.32 Å². The predicted octanol–water partition coefficient (Wildman–Crippen LogP) is 6.31. The van der Waals surface area contributed by atoms with Crippen LogP contribution in [0.2, 0.25) is 0 Å². The lowest BCUT2D eigenvalue weighted by Gasteiger charge is -2.32. The van der Waals surface area contributed by atoms with Gasteiger partial charge in [-0.1, -0.05) is 55.5 Å². The van der Waals surface area contributed by atoms with E-state index in [9.17, 15) is 4.79 Å². The zero-order valence-electron chi connectivity index (χ0n) is 20.5. The van der Waals surface area contributed by atoms with Crippen molar-refractivity contribution in [3.63, 3.8) is 0 Å². The number of benzene rings is 2. The summed E-state index contributed by atoms with van der Waals surface area (Å²) in [4.78, 5) is 26.7. The summed E-state index contributed by atoms with van der Waals surface area (Å²) >= 11 is 1.48. The Hall–Kier alpha value is -4.16. The fourth-order valence-electron chi connectivity index (χ4n) is 5.43. The Morgan fingerprint density at radius 3 is 2.35 bits per heavy atom. The van der Waals surface area contributed by atoms with Gasteiger partial charge in [0.15, 0.2) is 5.13 Å². The highest BCUT2D eigenvalue weighted by atomic mass is 32.1. The monoisotopic (exact) mass is 502 g/mol. The summed E-state index contributed by atoms with van der Waals surface area (Å²) in [5, 5.41) is 5.79. The molecular weight excluding hydrogens is 476 g/mol. The second-order valence-electron chi connectivity index (χ2n) is 9.59. The number of carbonyl (C=O) groups excluding carboxylic acids is 1. The highest BCUT2D eigenvalue weighted by molar-refractivity contribution is 7.13. The van der Waals surface area contributed by atoms with Gasteiger partial charge in [-0.3, -0.25) is 14.8 Å². The molecule has 1 aliphatic rings. The molecule has 0 unspecified atom stereocenters. The van der Waals surface area contributed by atoms with E-state index in [1.165, 1.54) is 28.0 Å². The van der Waals surface area contributed by atoms with Crippen LogP contribution in [0.15, 0.2) is 103 Å². The Bertz CT molecular complexity index is 1530. The van der Waals surface area contributed by atoms with E-state index < -0.39 is 5.41 Å². The van der Waals surface area contributed by atoms with Gasteiger partial charge in [-0.25, -0.2) is 4.98 Å². The molecule has 2 atom stereocenters. The molecule has 0 fully saturated rings. The van der Waals surface area contributed by atoms with Crippen molar-refractivity contribution in [2.45, 2.75) is 25.2 Å². The molecule has 1 N–H and O–H groups in total. The minimum Gasteiger partial charge on any atom is -0.302 e. The summed E-state index contributed by atoms with van der Waals surface area (Å²) in [6.45, 7) is 2.17. The number of nitrogens with one attached hydrogen (secondary N) is 1. The van der Waals surface area contributed by atoms with E-state index >= 15 is 0 Å². The summed E-state index contributed by atoms with van der Waals surface area (Å²) < 4.78 is 0. The van der Waals surface area contributed by atoms with Gasteiger partial charge in [-0.2, -0.15) is 0 Å². The molecule has 0 spiro atoms. The summed E-state index contributed by atoms with van der Waals surface area (Å²) in [7, 11) is 0.